The van der Waals surface area contributed by atoms with Crippen LogP contribution in [0.15, 0.2) is 12.4 Å². The number of nitrogens with one attached hydrogen (secondary N) is 1. The summed E-state index contributed by atoms with van der Waals surface area (Å²) in [6, 6.07) is 0. The van der Waals surface area contributed by atoms with E-state index in [1.165, 1.54) is 25.7 Å². The van der Waals surface area contributed by atoms with Gasteiger partial charge in [-0.05, 0) is 31.2 Å². The van der Waals surface area contributed by atoms with E-state index in [1.54, 1.807) is 0 Å². The van der Waals surface area contributed by atoms with E-state index in [1.807, 2.05) is 19.3 Å². The van der Waals surface area contributed by atoms with Crippen LogP contribution in [0, 0.1) is 12.8 Å². The highest BCUT2D eigenvalue weighted by Crippen LogP contribution is 2.33. The Hall–Kier alpha value is -1.12. The standard InChI is InChI=1S/C11H17N3/c1-9-7-13-11(14-8-9)12-6-2-3-10-4-5-10/h7-8,10H,2-6H2,1H3,(H,12,13,14). The summed E-state index contributed by atoms with van der Waals surface area (Å²) in [7, 11) is 0. The SMILES string of the molecule is Cc1cnc(NCCCC2CC2)nc1. The van der Waals surface area contributed by atoms with Crippen molar-refractivity contribution in [3.8, 4) is 0 Å². The molecule has 0 saturated heterocycles. The molecule has 0 atom stereocenters. The highest BCUT2D eigenvalue weighted by Gasteiger charge is 2.19. The monoisotopic (exact) mass is 191 g/mol. The van der Waals surface area contributed by atoms with Gasteiger partial charge in [0.25, 0.3) is 0 Å². The number of aromatic nitrogens is 2. The lowest BCUT2D eigenvalue weighted by molar-refractivity contribution is 0.685. The Morgan fingerprint density at radius 2 is 2.07 bits per heavy atom. The maximum Gasteiger partial charge on any atom is 0.222 e. The van der Waals surface area contributed by atoms with E-state index in [-0.39, 0.29) is 0 Å². The van der Waals surface area contributed by atoms with Crippen LogP contribution in [0.4, 0.5) is 5.95 Å². The molecule has 0 radical (unpaired) electrons. The molecule has 0 aliphatic heterocycles. The number of hydrogen-bond donors (Lipinski definition) is 1. The van der Waals surface area contributed by atoms with Crippen molar-refractivity contribution in [2.75, 3.05) is 11.9 Å². The average molecular weight is 191 g/mol. The lowest BCUT2D eigenvalue weighted by Gasteiger charge is -2.03. The van der Waals surface area contributed by atoms with Crippen molar-refractivity contribution in [1.82, 2.24) is 9.97 Å². The second-order valence-electron chi connectivity index (χ2n) is 4.10. The summed E-state index contributed by atoms with van der Waals surface area (Å²) < 4.78 is 0. The van der Waals surface area contributed by atoms with E-state index in [9.17, 15) is 0 Å². The van der Waals surface area contributed by atoms with Crippen LogP contribution in [0.25, 0.3) is 0 Å². The summed E-state index contributed by atoms with van der Waals surface area (Å²) in [5.41, 5.74) is 1.11. The Balaban J connectivity index is 1.66. The van der Waals surface area contributed by atoms with E-state index >= 15 is 0 Å². The number of aryl methyl sites for hydroxylation is 1. The van der Waals surface area contributed by atoms with Crippen molar-refractivity contribution in [1.29, 1.82) is 0 Å². The Labute approximate surface area is 85.0 Å². The predicted octanol–water partition coefficient (Wildman–Crippen LogP) is 2.39. The first-order valence-corrected chi connectivity index (χ1v) is 5.37. The normalized spacial score (nSPS) is 15.5. The van der Waals surface area contributed by atoms with Crippen molar-refractivity contribution < 1.29 is 0 Å². The average Bonchev–Trinajstić information content (AvgIpc) is 2.99. The Morgan fingerprint density at radius 3 is 2.71 bits per heavy atom. The molecule has 1 aliphatic carbocycles. The molecule has 1 saturated carbocycles. The summed E-state index contributed by atoms with van der Waals surface area (Å²) in [6.07, 6.45) is 9.18. The molecule has 1 heterocycles. The summed E-state index contributed by atoms with van der Waals surface area (Å²) in [5, 5.41) is 3.23. The van der Waals surface area contributed by atoms with Gasteiger partial charge in [-0.25, -0.2) is 9.97 Å². The molecule has 0 aromatic carbocycles. The van der Waals surface area contributed by atoms with Gasteiger partial charge in [-0.1, -0.05) is 12.8 Å². The zero-order chi connectivity index (χ0) is 9.80. The quantitative estimate of drug-likeness (QED) is 0.726. The molecule has 0 bridgehead atoms. The molecule has 1 N–H and O–H groups in total. The smallest absolute Gasteiger partial charge is 0.222 e. The van der Waals surface area contributed by atoms with Crippen molar-refractivity contribution in [2.45, 2.75) is 32.6 Å². The molecule has 14 heavy (non-hydrogen) atoms. The fourth-order valence-corrected chi connectivity index (χ4v) is 1.48. The minimum absolute atomic E-state index is 0.756. The van der Waals surface area contributed by atoms with Crippen LogP contribution in [0.3, 0.4) is 0 Å². The van der Waals surface area contributed by atoms with Gasteiger partial charge >= 0.3 is 0 Å². The fraction of sp³-hybridized carbons (Fsp3) is 0.636. The van der Waals surface area contributed by atoms with Crippen LogP contribution in [0.5, 0.6) is 0 Å². The van der Waals surface area contributed by atoms with E-state index in [2.05, 4.69) is 15.3 Å². The van der Waals surface area contributed by atoms with E-state index in [4.69, 9.17) is 0 Å². The van der Waals surface area contributed by atoms with Gasteiger partial charge < -0.3 is 5.32 Å². The molecule has 1 aromatic rings. The lowest BCUT2D eigenvalue weighted by atomic mass is 10.2. The third-order valence-electron chi connectivity index (χ3n) is 2.55. The maximum absolute atomic E-state index is 4.19. The summed E-state index contributed by atoms with van der Waals surface area (Å²) in [4.78, 5) is 8.38. The summed E-state index contributed by atoms with van der Waals surface area (Å²) >= 11 is 0. The molecule has 0 spiro atoms. The van der Waals surface area contributed by atoms with E-state index in [0.29, 0.717) is 0 Å². The topological polar surface area (TPSA) is 37.8 Å². The molecule has 1 aromatic heterocycles. The van der Waals surface area contributed by atoms with Crippen molar-refractivity contribution in [3.63, 3.8) is 0 Å². The molecule has 1 aliphatic rings. The van der Waals surface area contributed by atoms with Crippen LogP contribution in [0.2, 0.25) is 0 Å². The van der Waals surface area contributed by atoms with Crippen LogP contribution in [0.1, 0.15) is 31.2 Å². The third kappa shape index (κ3) is 2.98. The molecule has 1 fully saturated rings. The van der Waals surface area contributed by atoms with Gasteiger partial charge in [-0.15, -0.1) is 0 Å². The first-order valence-electron chi connectivity index (χ1n) is 5.37. The molecular weight excluding hydrogens is 174 g/mol. The molecule has 3 nitrogen and oxygen atoms in total. The van der Waals surface area contributed by atoms with Gasteiger partial charge in [-0.3, -0.25) is 0 Å². The van der Waals surface area contributed by atoms with Crippen molar-refractivity contribution >= 4 is 5.95 Å². The molecule has 2 rings (SSSR count). The molecule has 0 unspecified atom stereocenters. The zero-order valence-electron chi connectivity index (χ0n) is 8.66. The summed E-state index contributed by atoms with van der Waals surface area (Å²) in [6.45, 7) is 3.00. The Morgan fingerprint density at radius 1 is 1.36 bits per heavy atom. The summed E-state index contributed by atoms with van der Waals surface area (Å²) in [5.74, 6) is 1.78. The largest absolute Gasteiger partial charge is 0.354 e. The number of rotatable bonds is 5. The van der Waals surface area contributed by atoms with Gasteiger partial charge in [0.05, 0.1) is 0 Å². The van der Waals surface area contributed by atoms with Gasteiger partial charge in [0.15, 0.2) is 0 Å². The van der Waals surface area contributed by atoms with Crippen LogP contribution < -0.4 is 5.32 Å². The second-order valence-corrected chi connectivity index (χ2v) is 4.10. The predicted molar refractivity (Wildman–Crippen MR) is 57.2 cm³/mol. The van der Waals surface area contributed by atoms with Gasteiger partial charge in [0.2, 0.25) is 5.95 Å². The van der Waals surface area contributed by atoms with Crippen molar-refractivity contribution in [2.24, 2.45) is 5.92 Å². The number of nitrogens with zero attached hydrogens (tertiary/aromatic N) is 2. The van der Waals surface area contributed by atoms with Crippen molar-refractivity contribution in [3.05, 3.63) is 18.0 Å². The van der Waals surface area contributed by atoms with Gasteiger partial charge in [0, 0.05) is 18.9 Å². The zero-order valence-corrected chi connectivity index (χ0v) is 8.66. The first-order chi connectivity index (χ1) is 6.84. The highest BCUT2D eigenvalue weighted by molar-refractivity contribution is 5.23. The van der Waals surface area contributed by atoms with Gasteiger partial charge in [0.1, 0.15) is 0 Å². The van der Waals surface area contributed by atoms with E-state index < -0.39 is 0 Å². The number of hydrogen-bond acceptors (Lipinski definition) is 3. The number of anilines is 1. The third-order valence-corrected chi connectivity index (χ3v) is 2.55. The maximum atomic E-state index is 4.19. The second kappa shape index (κ2) is 4.40. The van der Waals surface area contributed by atoms with E-state index in [0.717, 1.165) is 24.0 Å². The molecule has 3 heteroatoms. The Bertz CT molecular complexity index is 277. The molecular formula is C11H17N3. The highest BCUT2D eigenvalue weighted by atomic mass is 15.1. The van der Waals surface area contributed by atoms with Crippen LogP contribution in [-0.2, 0) is 0 Å². The Kier molecular flexibility index (Phi) is 2.96. The fourth-order valence-electron chi connectivity index (χ4n) is 1.48. The molecule has 0 amide bonds. The van der Waals surface area contributed by atoms with Crippen LogP contribution >= 0.6 is 0 Å². The van der Waals surface area contributed by atoms with Crippen LogP contribution in [-0.4, -0.2) is 16.5 Å². The first kappa shape index (κ1) is 9.44. The molecule has 76 valence electrons. The van der Waals surface area contributed by atoms with Gasteiger partial charge in [-0.2, -0.15) is 0 Å². The minimum atomic E-state index is 0.756. The lowest BCUT2D eigenvalue weighted by Crippen LogP contribution is -2.05. The minimum Gasteiger partial charge on any atom is -0.354 e.